The van der Waals surface area contributed by atoms with E-state index in [0.717, 1.165) is 0 Å². The summed E-state index contributed by atoms with van der Waals surface area (Å²) >= 11 is 12.0. The number of non-ortho nitro benzene ring substituents is 1. The van der Waals surface area contributed by atoms with E-state index < -0.39 is 10.8 Å². The summed E-state index contributed by atoms with van der Waals surface area (Å²) < 4.78 is 0. The van der Waals surface area contributed by atoms with E-state index in [4.69, 9.17) is 23.2 Å². The fourth-order valence-electron chi connectivity index (χ4n) is 1.87. The minimum atomic E-state index is -0.623. The lowest BCUT2D eigenvalue weighted by Crippen LogP contribution is -2.00. The Hall–Kier alpha value is -2.09. The Bertz CT molecular complexity index is 711. The maximum absolute atomic E-state index is 10.7. The highest BCUT2D eigenvalue weighted by Gasteiger charge is 2.19. The molecule has 6 heteroatoms. The average Bonchev–Trinajstić information content (AvgIpc) is 2.41. The number of hydrogen-bond donors (Lipinski definition) is 0. The van der Waals surface area contributed by atoms with Crippen LogP contribution in [0.15, 0.2) is 42.5 Å². The molecule has 0 N–H and O–H groups in total. The van der Waals surface area contributed by atoms with Gasteiger partial charge in [0.25, 0.3) is 5.69 Å². The molecule has 2 aromatic carbocycles. The van der Waals surface area contributed by atoms with Crippen LogP contribution in [0, 0.1) is 21.4 Å². The molecule has 0 saturated carbocycles. The van der Waals surface area contributed by atoms with E-state index in [1.54, 1.807) is 24.3 Å². The molecule has 0 aliphatic carbocycles. The van der Waals surface area contributed by atoms with Gasteiger partial charge < -0.3 is 0 Å². The number of nitro benzene ring substituents is 1. The van der Waals surface area contributed by atoms with Crippen LogP contribution in [0.5, 0.6) is 0 Å². The fraction of sp³-hybridized carbons (Fsp3) is 0.0714. The van der Waals surface area contributed by atoms with Gasteiger partial charge in [0.1, 0.15) is 0 Å². The number of rotatable bonds is 3. The summed E-state index contributed by atoms with van der Waals surface area (Å²) in [6.07, 6.45) is 0. The second-order valence-electron chi connectivity index (χ2n) is 4.08. The Morgan fingerprint density at radius 1 is 1.20 bits per heavy atom. The largest absolute Gasteiger partial charge is 0.270 e. The van der Waals surface area contributed by atoms with Crippen LogP contribution in [-0.4, -0.2) is 4.92 Å². The standard InChI is InChI=1S/C14H8Cl2N2O2/c15-10-3-1-2-9(6-10)13(8-17)12-5-4-11(18(19)20)7-14(12)16/h1-7,13H. The summed E-state index contributed by atoms with van der Waals surface area (Å²) in [7, 11) is 0. The maximum atomic E-state index is 10.7. The van der Waals surface area contributed by atoms with Gasteiger partial charge in [-0.2, -0.15) is 5.26 Å². The van der Waals surface area contributed by atoms with E-state index in [9.17, 15) is 15.4 Å². The van der Waals surface area contributed by atoms with Gasteiger partial charge in [-0.05, 0) is 29.3 Å². The first-order chi connectivity index (χ1) is 9.52. The third-order valence-electron chi connectivity index (χ3n) is 2.82. The highest BCUT2D eigenvalue weighted by molar-refractivity contribution is 6.32. The summed E-state index contributed by atoms with van der Waals surface area (Å²) in [5, 5.41) is 20.7. The zero-order valence-corrected chi connectivity index (χ0v) is 11.6. The summed E-state index contributed by atoms with van der Waals surface area (Å²) in [6.45, 7) is 0. The molecule has 0 aromatic heterocycles. The molecule has 0 spiro atoms. The Morgan fingerprint density at radius 2 is 1.95 bits per heavy atom. The molecule has 4 nitrogen and oxygen atoms in total. The van der Waals surface area contributed by atoms with Crippen molar-refractivity contribution in [2.24, 2.45) is 0 Å². The van der Waals surface area contributed by atoms with Gasteiger partial charge in [-0.1, -0.05) is 35.3 Å². The lowest BCUT2D eigenvalue weighted by atomic mass is 9.92. The Morgan fingerprint density at radius 3 is 2.50 bits per heavy atom. The van der Waals surface area contributed by atoms with Gasteiger partial charge >= 0.3 is 0 Å². The minimum absolute atomic E-state index is 0.110. The third kappa shape index (κ3) is 2.90. The zero-order chi connectivity index (χ0) is 14.7. The molecule has 0 aliphatic rings. The van der Waals surface area contributed by atoms with Gasteiger partial charge in [-0.3, -0.25) is 10.1 Å². The van der Waals surface area contributed by atoms with Crippen LogP contribution in [0.4, 0.5) is 5.69 Å². The van der Waals surface area contributed by atoms with Crippen LogP contribution >= 0.6 is 23.2 Å². The summed E-state index contributed by atoms with van der Waals surface area (Å²) in [4.78, 5) is 10.2. The molecule has 0 amide bonds. The van der Waals surface area contributed by atoms with E-state index in [0.29, 0.717) is 16.1 Å². The van der Waals surface area contributed by atoms with Crippen molar-refractivity contribution in [3.05, 3.63) is 73.8 Å². The van der Waals surface area contributed by atoms with E-state index >= 15 is 0 Å². The van der Waals surface area contributed by atoms with Crippen molar-refractivity contribution in [1.82, 2.24) is 0 Å². The number of nitriles is 1. The van der Waals surface area contributed by atoms with Gasteiger partial charge in [0.15, 0.2) is 0 Å². The maximum Gasteiger partial charge on any atom is 0.270 e. The van der Waals surface area contributed by atoms with Crippen molar-refractivity contribution in [3.63, 3.8) is 0 Å². The van der Waals surface area contributed by atoms with E-state index in [1.807, 2.05) is 0 Å². The molecule has 20 heavy (non-hydrogen) atoms. The Kier molecular flexibility index (Phi) is 4.23. The molecule has 0 bridgehead atoms. The average molecular weight is 307 g/mol. The molecule has 0 radical (unpaired) electrons. The van der Waals surface area contributed by atoms with Gasteiger partial charge in [-0.25, -0.2) is 0 Å². The Labute approximate surface area is 125 Å². The number of nitrogens with zero attached hydrogens (tertiary/aromatic N) is 2. The summed E-state index contributed by atoms with van der Waals surface area (Å²) in [6, 6.07) is 13.1. The second-order valence-corrected chi connectivity index (χ2v) is 4.92. The van der Waals surface area contributed by atoms with Crippen LogP contribution in [0.3, 0.4) is 0 Å². The normalized spacial score (nSPS) is 11.7. The minimum Gasteiger partial charge on any atom is -0.258 e. The SMILES string of the molecule is N#CC(c1cccc(Cl)c1)c1ccc([N+](=O)[O-])cc1Cl. The predicted octanol–water partition coefficient (Wildman–Crippen LogP) is 4.56. The van der Waals surface area contributed by atoms with E-state index in [1.165, 1.54) is 18.2 Å². The number of benzene rings is 2. The van der Waals surface area contributed by atoms with E-state index in [2.05, 4.69) is 6.07 Å². The van der Waals surface area contributed by atoms with Crippen molar-refractivity contribution in [2.45, 2.75) is 5.92 Å². The molecule has 0 heterocycles. The lowest BCUT2D eigenvalue weighted by molar-refractivity contribution is -0.384. The third-order valence-corrected chi connectivity index (χ3v) is 3.38. The highest BCUT2D eigenvalue weighted by atomic mass is 35.5. The second kappa shape index (κ2) is 5.91. The molecule has 0 aliphatic heterocycles. The first kappa shape index (κ1) is 14.3. The molecule has 0 saturated heterocycles. The number of nitro groups is 1. The zero-order valence-electron chi connectivity index (χ0n) is 10.1. The van der Waals surface area contributed by atoms with Crippen molar-refractivity contribution in [2.75, 3.05) is 0 Å². The van der Waals surface area contributed by atoms with Crippen LogP contribution in [0.2, 0.25) is 10.0 Å². The monoisotopic (exact) mass is 306 g/mol. The smallest absolute Gasteiger partial charge is 0.258 e. The van der Waals surface area contributed by atoms with Crippen molar-refractivity contribution >= 4 is 28.9 Å². The van der Waals surface area contributed by atoms with Crippen molar-refractivity contribution in [1.29, 1.82) is 5.26 Å². The van der Waals surface area contributed by atoms with Crippen LogP contribution in [0.25, 0.3) is 0 Å². The summed E-state index contributed by atoms with van der Waals surface area (Å²) in [5.41, 5.74) is 1.10. The molecule has 1 atom stereocenters. The molecular weight excluding hydrogens is 299 g/mol. The van der Waals surface area contributed by atoms with Gasteiger partial charge in [0, 0.05) is 17.2 Å². The highest BCUT2D eigenvalue weighted by Crippen LogP contribution is 2.33. The van der Waals surface area contributed by atoms with Crippen LogP contribution in [-0.2, 0) is 0 Å². The molecule has 100 valence electrons. The molecule has 2 rings (SSSR count). The first-order valence-corrected chi connectivity index (χ1v) is 6.37. The van der Waals surface area contributed by atoms with Gasteiger partial charge in [-0.15, -0.1) is 0 Å². The molecular formula is C14H8Cl2N2O2. The van der Waals surface area contributed by atoms with Crippen LogP contribution < -0.4 is 0 Å². The van der Waals surface area contributed by atoms with Crippen molar-refractivity contribution in [3.8, 4) is 6.07 Å². The van der Waals surface area contributed by atoms with E-state index in [-0.39, 0.29) is 10.7 Å². The number of halogens is 2. The quantitative estimate of drug-likeness (QED) is 0.616. The topological polar surface area (TPSA) is 66.9 Å². The fourth-order valence-corrected chi connectivity index (χ4v) is 2.36. The van der Waals surface area contributed by atoms with Crippen LogP contribution in [0.1, 0.15) is 17.0 Å². The Balaban J connectivity index is 2.48. The number of hydrogen-bond acceptors (Lipinski definition) is 3. The summed E-state index contributed by atoms with van der Waals surface area (Å²) in [5.74, 6) is -0.623. The van der Waals surface area contributed by atoms with Crippen molar-refractivity contribution < 1.29 is 4.92 Å². The lowest BCUT2D eigenvalue weighted by Gasteiger charge is -2.12. The molecule has 0 fully saturated rings. The van der Waals surface area contributed by atoms with Gasteiger partial charge in [0.2, 0.25) is 0 Å². The molecule has 2 aromatic rings. The predicted molar refractivity (Wildman–Crippen MR) is 77.0 cm³/mol. The molecule has 1 unspecified atom stereocenters. The first-order valence-electron chi connectivity index (χ1n) is 5.62. The van der Waals surface area contributed by atoms with Gasteiger partial charge in [0.05, 0.1) is 21.9 Å².